The van der Waals surface area contributed by atoms with E-state index in [9.17, 15) is 4.79 Å². The highest BCUT2D eigenvalue weighted by atomic mass is 16.5. The van der Waals surface area contributed by atoms with Crippen LogP contribution in [0.4, 0.5) is 0 Å². The third kappa shape index (κ3) is 2.73. The molecule has 3 rings (SSSR count). The number of amides is 1. The van der Waals surface area contributed by atoms with Crippen molar-refractivity contribution in [3.8, 4) is 5.75 Å². The lowest BCUT2D eigenvalue weighted by atomic mass is 10.0. The first-order valence-electron chi connectivity index (χ1n) is 7.07. The summed E-state index contributed by atoms with van der Waals surface area (Å²) in [4.78, 5) is 14.4. The number of nitrogens with zero attached hydrogens (tertiary/aromatic N) is 1. The summed E-state index contributed by atoms with van der Waals surface area (Å²) in [5, 5.41) is 3.33. The molecule has 1 aromatic carbocycles. The Morgan fingerprint density at radius 2 is 2.21 bits per heavy atom. The van der Waals surface area contributed by atoms with Crippen LogP contribution >= 0.6 is 0 Å². The van der Waals surface area contributed by atoms with Crippen LogP contribution in [0.5, 0.6) is 5.75 Å². The number of piperidine rings is 1. The smallest absolute Gasteiger partial charge is 0.240 e. The molecule has 1 fully saturated rings. The van der Waals surface area contributed by atoms with Gasteiger partial charge in [0.1, 0.15) is 12.4 Å². The number of nitrogens with one attached hydrogen (secondary N) is 1. The van der Waals surface area contributed by atoms with E-state index < -0.39 is 0 Å². The molecule has 1 unspecified atom stereocenters. The lowest BCUT2D eigenvalue weighted by Gasteiger charge is -2.28. The maximum absolute atomic E-state index is 12.5. The number of fused-ring (bicyclic) bond motifs is 1. The van der Waals surface area contributed by atoms with Crippen LogP contribution in [-0.4, -0.2) is 36.5 Å². The Morgan fingerprint density at radius 1 is 1.32 bits per heavy atom. The van der Waals surface area contributed by atoms with Gasteiger partial charge < -0.3 is 15.0 Å². The Hall–Kier alpha value is -1.55. The van der Waals surface area contributed by atoms with Gasteiger partial charge in [0.2, 0.25) is 5.91 Å². The third-order valence-corrected chi connectivity index (χ3v) is 3.87. The van der Waals surface area contributed by atoms with Crippen LogP contribution in [0.3, 0.4) is 0 Å². The number of hydrogen-bond acceptors (Lipinski definition) is 3. The van der Waals surface area contributed by atoms with Crippen LogP contribution in [0, 0.1) is 0 Å². The Morgan fingerprint density at radius 3 is 3.05 bits per heavy atom. The van der Waals surface area contributed by atoms with E-state index in [1.165, 1.54) is 6.42 Å². The summed E-state index contributed by atoms with van der Waals surface area (Å²) in [5.74, 6) is 1.13. The molecule has 102 valence electrons. The van der Waals surface area contributed by atoms with Gasteiger partial charge in [-0.1, -0.05) is 24.6 Å². The first-order valence-corrected chi connectivity index (χ1v) is 7.07. The fourth-order valence-corrected chi connectivity index (χ4v) is 2.80. The van der Waals surface area contributed by atoms with Crippen molar-refractivity contribution in [1.29, 1.82) is 0 Å². The summed E-state index contributed by atoms with van der Waals surface area (Å²) in [7, 11) is 0. The lowest BCUT2D eigenvalue weighted by molar-refractivity contribution is -0.134. The molecule has 0 aliphatic carbocycles. The molecule has 1 saturated heterocycles. The molecule has 0 radical (unpaired) electrons. The molecule has 1 amide bonds. The first-order chi connectivity index (χ1) is 9.34. The number of para-hydroxylation sites is 1. The minimum absolute atomic E-state index is 0.000915. The fourth-order valence-electron chi connectivity index (χ4n) is 2.80. The van der Waals surface area contributed by atoms with Gasteiger partial charge in [-0.05, 0) is 25.5 Å². The van der Waals surface area contributed by atoms with Crippen molar-refractivity contribution in [2.24, 2.45) is 0 Å². The highest BCUT2D eigenvalue weighted by Gasteiger charge is 2.27. The van der Waals surface area contributed by atoms with Gasteiger partial charge in [-0.2, -0.15) is 0 Å². The van der Waals surface area contributed by atoms with Crippen molar-refractivity contribution in [2.45, 2.75) is 31.8 Å². The second-order valence-corrected chi connectivity index (χ2v) is 5.22. The van der Waals surface area contributed by atoms with Crippen LogP contribution in [0.1, 0.15) is 24.8 Å². The Bertz CT molecular complexity index is 455. The van der Waals surface area contributed by atoms with Crippen LogP contribution in [0.25, 0.3) is 0 Å². The van der Waals surface area contributed by atoms with Gasteiger partial charge in [-0.3, -0.25) is 4.79 Å². The summed E-state index contributed by atoms with van der Waals surface area (Å²) in [5.41, 5.74) is 1.10. The largest absolute Gasteiger partial charge is 0.491 e. The molecule has 0 spiro atoms. The molecule has 1 atom stereocenters. The molecule has 1 aromatic rings. The van der Waals surface area contributed by atoms with Gasteiger partial charge >= 0.3 is 0 Å². The van der Waals surface area contributed by atoms with Crippen molar-refractivity contribution in [1.82, 2.24) is 10.2 Å². The van der Waals surface area contributed by atoms with Gasteiger partial charge in [0, 0.05) is 12.1 Å². The minimum Gasteiger partial charge on any atom is -0.491 e. The molecule has 4 heteroatoms. The SMILES string of the molecule is O=C(C1CCCCN1)N1CCOc2ccccc2C1. The Labute approximate surface area is 113 Å². The van der Waals surface area contributed by atoms with Crippen molar-refractivity contribution in [3.05, 3.63) is 29.8 Å². The normalized spacial score (nSPS) is 23.2. The Kier molecular flexibility index (Phi) is 3.69. The van der Waals surface area contributed by atoms with Crippen molar-refractivity contribution < 1.29 is 9.53 Å². The fraction of sp³-hybridized carbons (Fsp3) is 0.533. The molecule has 2 aliphatic heterocycles. The van der Waals surface area contributed by atoms with Crippen LogP contribution in [0.15, 0.2) is 24.3 Å². The van der Waals surface area contributed by atoms with E-state index in [0.29, 0.717) is 19.7 Å². The number of carbonyl (C=O) groups excluding carboxylic acids is 1. The monoisotopic (exact) mass is 260 g/mol. The second kappa shape index (κ2) is 5.61. The predicted octanol–water partition coefficient (Wildman–Crippen LogP) is 1.55. The van der Waals surface area contributed by atoms with E-state index in [4.69, 9.17) is 4.74 Å². The average Bonchev–Trinajstić information content (AvgIpc) is 2.69. The number of benzene rings is 1. The quantitative estimate of drug-likeness (QED) is 0.833. The molecule has 1 N–H and O–H groups in total. The van der Waals surface area contributed by atoms with Gasteiger partial charge in [-0.15, -0.1) is 0 Å². The van der Waals surface area contributed by atoms with Crippen molar-refractivity contribution in [3.63, 3.8) is 0 Å². The summed E-state index contributed by atoms with van der Waals surface area (Å²) in [6, 6.07) is 7.98. The van der Waals surface area contributed by atoms with Gasteiger partial charge in [-0.25, -0.2) is 0 Å². The van der Waals surface area contributed by atoms with Crippen molar-refractivity contribution >= 4 is 5.91 Å². The van der Waals surface area contributed by atoms with E-state index in [1.54, 1.807) is 0 Å². The summed E-state index contributed by atoms with van der Waals surface area (Å²) >= 11 is 0. The zero-order valence-electron chi connectivity index (χ0n) is 11.1. The number of carbonyl (C=O) groups is 1. The zero-order valence-corrected chi connectivity index (χ0v) is 11.1. The summed E-state index contributed by atoms with van der Waals surface area (Å²) in [6.45, 7) is 2.87. The molecule has 2 aliphatic rings. The van der Waals surface area contributed by atoms with E-state index in [2.05, 4.69) is 5.32 Å². The standard InChI is InChI=1S/C15H20N2O2/c18-15(13-6-3-4-8-16-13)17-9-10-19-14-7-2-1-5-12(14)11-17/h1-2,5,7,13,16H,3-4,6,8-11H2. The molecule has 4 nitrogen and oxygen atoms in total. The molecule has 2 heterocycles. The van der Waals surface area contributed by atoms with Crippen molar-refractivity contribution in [2.75, 3.05) is 19.7 Å². The van der Waals surface area contributed by atoms with Crippen LogP contribution in [-0.2, 0) is 11.3 Å². The average molecular weight is 260 g/mol. The minimum atomic E-state index is -0.000915. The molecule has 19 heavy (non-hydrogen) atoms. The van der Waals surface area contributed by atoms with E-state index in [1.807, 2.05) is 29.2 Å². The second-order valence-electron chi connectivity index (χ2n) is 5.22. The van der Waals surface area contributed by atoms with Crippen LogP contribution in [0.2, 0.25) is 0 Å². The topological polar surface area (TPSA) is 41.6 Å². The predicted molar refractivity (Wildman–Crippen MR) is 73.0 cm³/mol. The zero-order chi connectivity index (χ0) is 13.1. The third-order valence-electron chi connectivity index (χ3n) is 3.87. The lowest BCUT2D eigenvalue weighted by Crippen LogP contribution is -2.48. The van der Waals surface area contributed by atoms with Gasteiger partial charge in [0.15, 0.2) is 0 Å². The molecule has 0 bridgehead atoms. The van der Waals surface area contributed by atoms with E-state index >= 15 is 0 Å². The molecule has 0 aromatic heterocycles. The summed E-state index contributed by atoms with van der Waals surface area (Å²) < 4.78 is 5.70. The van der Waals surface area contributed by atoms with Crippen LogP contribution < -0.4 is 10.1 Å². The summed E-state index contributed by atoms with van der Waals surface area (Å²) in [6.07, 6.45) is 3.28. The molecule has 0 saturated carbocycles. The number of hydrogen-bond donors (Lipinski definition) is 1. The molecular formula is C15H20N2O2. The highest BCUT2D eigenvalue weighted by molar-refractivity contribution is 5.82. The maximum Gasteiger partial charge on any atom is 0.240 e. The Balaban J connectivity index is 1.73. The van der Waals surface area contributed by atoms with Gasteiger partial charge in [0.05, 0.1) is 12.6 Å². The number of ether oxygens (including phenoxy) is 1. The maximum atomic E-state index is 12.5. The highest BCUT2D eigenvalue weighted by Crippen LogP contribution is 2.23. The molecular weight excluding hydrogens is 240 g/mol. The van der Waals surface area contributed by atoms with E-state index in [0.717, 1.165) is 30.7 Å². The number of rotatable bonds is 1. The first kappa shape index (κ1) is 12.5. The van der Waals surface area contributed by atoms with E-state index in [-0.39, 0.29) is 11.9 Å². The van der Waals surface area contributed by atoms with Gasteiger partial charge in [0.25, 0.3) is 0 Å².